The molecule has 1 saturated carbocycles. The van der Waals surface area contributed by atoms with Gasteiger partial charge in [0.1, 0.15) is 5.75 Å². The van der Waals surface area contributed by atoms with Gasteiger partial charge >= 0.3 is 6.36 Å². The number of ether oxygens (including phenoxy) is 1. The van der Waals surface area contributed by atoms with E-state index in [2.05, 4.69) is 10.1 Å². The van der Waals surface area contributed by atoms with Gasteiger partial charge in [0, 0.05) is 10.7 Å². The van der Waals surface area contributed by atoms with Crippen molar-refractivity contribution < 1.29 is 22.7 Å². The predicted molar refractivity (Wildman–Crippen MR) is 98.0 cm³/mol. The molecule has 0 heterocycles. The number of hydrogen-bond donors (Lipinski definition) is 1. The van der Waals surface area contributed by atoms with Gasteiger partial charge in [0.15, 0.2) is 0 Å². The van der Waals surface area contributed by atoms with Crippen molar-refractivity contribution in [3.05, 3.63) is 59.1 Å². The molecule has 2 aromatic carbocycles. The topological polar surface area (TPSA) is 38.3 Å². The van der Waals surface area contributed by atoms with Gasteiger partial charge < -0.3 is 10.1 Å². The normalized spacial score (nSPS) is 16.6. The molecule has 144 valence electrons. The maximum absolute atomic E-state index is 13.1. The van der Waals surface area contributed by atoms with Crippen molar-refractivity contribution in [2.45, 2.75) is 43.9 Å². The number of halogens is 4. The van der Waals surface area contributed by atoms with E-state index >= 15 is 0 Å². The molecule has 0 radical (unpaired) electrons. The zero-order chi connectivity index (χ0) is 19.5. The first-order valence-electron chi connectivity index (χ1n) is 8.72. The minimum absolute atomic E-state index is 0.158. The van der Waals surface area contributed by atoms with E-state index in [4.69, 9.17) is 11.6 Å². The summed E-state index contributed by atoms with van der Waals surface area (Å²) in [5, 5.41) is 3.45. The Bertz CT molecular complexity index is 782. The van der Waals surface area contributed by atoms with Crippen LogP contribution in [0.4, 0.5) is 18.9 Å². The van der Waals surface area contributed by atoms with Crippen LogP contribution in [0.3, 0.4) is 0 Å². The fraction of sp³-hybridized carbons (Fsp3) is 0.350. The highest BCUT2D eigenvalue weighted by atomic mass is 35.5. The molecule has 0 aliphatic heterocycles. The first kappa shape index (κ1) is 19.5. The number of carbonyl (C=O) groups is 1. The van der Waals surface area contributed by atoms with Crippen molar-refractivity contribution in [2.75, 3.05) is 5.32 Å². The molecule has 7 heteroatoms. The summed E-state index contributed by atoms with van der Waals surface area (Å²) in [6, 6.07) is 12.4. The Balaban J connectivity index is 1.80. The van der Waals surface area contributed by atoms with Crippen LogP contribution < -0.4 is 10.1 Å². The molecule has 0 aromatic heterocycles. The third-order valence-corrected chi connectivity index (χ3v) is 5.14. The zero-order valence-electron chi connectivity index (χ0n) is 14.5. The molecule has 27 heavy (non-hydrogen) atoms. The molecule has 2 aromatic rings. The van der Waals surface area contributed by atoms with Gasteiger partial charge in [-0.2, -0.15) is 0 Å². The summed E-state index contributed by atoms with van der Waals surface area (Å²) < 4.78 is 40.6. The summed E-state index contributed by atoms with van der Waals surface area (Å²) in [5.41, 5.74) is 0.666. The van der Waals surface area contributed by atoms with Gasteiger partial charge in [0.05, 0.1) is 5.41 Å². The van der Waals surface area contributed by atoms with Gasteiger partial charge in [-0.1, -0.05) is 43.0 Å². The number of rotatable bonds is 4. The Labute approximate surface area is 160 Å². The lowest BCUT2D eigenvalue weighted by atomic mass is 9.68. The van der Waals surface area contributed by atoms with Gasteiger partial charge in [-0.3, -0.25) is 4.79 Å². The quantitative estimate of drug-likeness (QED) is 0.679. The van der Waals surface area contributed by atoms with Crippen LogP contribution in [-0.2, 0) is 10.2 Å². The molecular weight excluding hydrogens is 379 g/mol. The average Bonchev–Trinajstić information content (AvgIpc) is 2.63. The van der Waals surface area contributed by atoms with Crippen LogP contribution in [0.1, 0.15) is 37.7 Å². The Morgan fingerprint density at radius 3 is 2.11 bits per heavy atom. The van der Waals surface area contributed by atoms with Crippen molar-refractivity contribution in [1.29, 1.82) is 0 Å². The first-order chi connectivity index (χ1) is 12.8. The SMILES string of the molecule is O=C(Nc1ccc(OC(F)(F)F)cc1)C1(c2ccc(Cl)cc2)CCCCC1. The van der Waals surface area contributed by atoms with Crippen molar-refractivity contribution in [1.82, 2.24) is 0 Å². The summed E-state index contributed by atoms with van der Waals surface area (Å²) in [5.74, 6) is -0.486. The van der Waals surface area contributed by atoms with E-state index in [0.29, 0.717) is 10.7 Å². The average molecular weight is 398 g/mol. The minimum atomic E-state index is -4.74. The fourth-order valence-electron chi connectivity index (χ4n) is 3.56. The highest BCUT2D eigenvalue weighted by molar-refractivity contribution is 6.30. The summed E-state index contributed by atoms with van der Waals surface area (Å²) in [7, 11) is 0. The number of carbonyl (C=O) groups excluding carboxylic acids is 1. The summed E-state index contributed by atoms with van der Waals surface area (Å²) in [6.45, 7) is 0. The maximum Gasteiger partial charge on any atom is 0.573 e. The van der Waals surface area contributed by atoms with Crippen LogP contribution in [0.5, 0.6) is 5.75 Å². The Morgan fingerprint density at radius 1 is 0.963 bits per heavy atom. The van der Waals surface area contributed by atoms with Crippen molar-refractivity contribution >= 4 is 23.2 Å². The van der Waals surface area contributed by atoms with Crippen LogP contribution in [-0.4, -0.2) is 12.3 Å². The molecule has 1 fully saturated rings. The number of nitrogens with one attached hydrogen (secondary N) is 1. The lowest BCUT2D eigenvalue weighted by molar-refractivity contribution is -0.274. The van der Waals surface area contributed by atoms with E-state index in [1.807, 2.05) is 12.1 Å². The number of hydrogen-bond acceptors (Lipinski definition) is 2. The monoisotopic (exact) mass is 397 g/mol. The molecule has 1 aliphatic carbocycles. The molecule has 3 rings (SSSR count). The van der Waals surface area contributed by atoms with E-state index in [1.165, 1.54) is 24.3 Å². The molecule has 1 aliphatic rings. The molecule has 0 bridgehead atoms. The van der Waals surface area contributed by atoms with E-state index in [0.717, 1.165) is 37.7 Å². The molecule has 3 nitrogen and oxygen atoms in total. The predicted octanol–water partition coefficient (Wildman–Crippen LogP) is 6.08. The molecule has 0 saturated heterocycles. The standard InChI is InChI=1S/C20H19ClF3NO2/c21-15-6-4-14(5-7-15)19(12-2-1-3-13-19)18(26)25-16-8-10-17(11-9-16)27-20(22,23)24/h4-11H,1-3,12-13H2,(H,25,26). The van der Waals surface area contributed by atoms with Crippen LogP contribution in [0.15, 0.2) is 48.5 Å². The number of alkyl halides is 3. The Kier molecular flexibility index (Phi) is 5.65. The van der Waals surface area contributed by atoms with Gasteiger partial charge in [-0.25, -0.2) is 0 Å². The van der Waals surface area contributed by atoms with Crippen LogP contribution in [0.25, 0.3) is 0 Å². The number of amides is 1. The maximum atomic E-state index is 13.1. The molecule has 1 N–H and O–H groups in total. The van der Waals surface area contributed by atoms with Gasteiger partial charge in [-0.05, 0) is 54.8 Å². The summed E-state index contributed by atoms with van der Waals surface area (Å²) >= 11 is 5.97. The number of anilines is 1. The third-order valence-electron chi connectivity index (χ3n) is 4.88. The highest BCUT2D eigenvalue weighted by Crippen LogP contribution is 2.41. The summed E-state index contributed by atoms with van der Waals surface area (Å²) in [6.07, 6.45) is -0.355. The Hall–Kier alpha value is -2.21. The zero-order valence-corrected chi connectivity index (χ0v) is 15.2. The number of benzene rings is 2. The van der Waals surface area contributed by atoms with Crippen molar-refractivity contribution in [3.63, 3.8) is 0 Å². The van der Waals surface area contributed by atoms with Gasteiger partial charge in [0.25, 0.3) is 0 Å². The van der Waals surface area contributed by atoms with Crippen LogP contribution >= 0.6 is 11.6 Å². The van der Waals surface area contributed by atoms with E-state index in [1.54, 1.807) is 12.1 Å². The summed E-state index contributed by atoms with van der Waals surface area (Å²) in [4.78, 5) is 13.1. The molecule has 0 unspecified atom stereocenters. The fourth-order valence-corrected chi connectivity index (χ4v) is 3.69. The highest BCUT2D eigenvalue weighted by Gasteiger charge is 2.41. The van der Waals surface area contributed by atoms with Crippen LogP contribution in [0, 0.1) is 0 Å². The molecular formula is C20H19ClF3NO2. The molecule has 1 amide bonds. The largest absolute Gasteiger partial charge is 0.573 e. The van der Waals surface area contributed by atoms with E-state index in [9.17, 15) is 18.0 Å². The van der Waals surface area contributed by atoms with E-state index in [-0.39, 0.29) is 11.7 Å². The van der Waals surface area contributed by atoms with Crippen molar-refractivity contribution in [2.24, 2.45) is 0 Å². The lowest BCUT2D eigenvalue weighted by Gasteiger charge is -2.36. The molecule has 0 atom stereocenters. The van der Waals surface area contributed by atoms with Gasteiger partial charge in [-0.15, -0.1) is 13.2 Å². The minimum Gasteiger partial charge on any atom is -0.406 e. The van der Waals surface area contributed by atoms with E-state index < -0.39 is 11.8 Å². The Morgan fingerprint density at radius 2 is 1.56 bits per heavy atom. The second kappa shape index (κ2) is 7.80. The van der Waals surface area contributed by atoms with Crippen molar-refractivity contribution in [3.8, 4) is 5.75 Å². The smallest absolute Gasteiger partial charge is 0.406 e. The first-order valence-corrected chi connectivity index (χ1v) is 9.10. The molecule has 0 spiro atoms. The lowest BCUT2D eigenvalue weighted by Crippen LogP contribution is -2.42. The van der Waals surface area contributed by atoms with Crippen LogP contribution in [0.2, 0.25) is 5.02 Å². The van der Waals surface area contributed by atoms with Gasteiger partial charge in [0.2, 0.25) is 5.91 Å². The third kappa shape index (κ3) is 4.75. The second-order valence-corrected chi connectivity index (χ2v) is 7.11. The second-order valence-electron chi connectivity index (χ2n) is 6.68.